The minimum atomic E-state index is -0.157. The van der Waals surface area contributed by atoms with Gasteiger partial charge in [-0.25, -0.2) is 14.6 Å². The van der Waals surface area contributed by atoms with Crippen molar-refractivity contribution in [2.45, 2.75) is 20.4 Å². The lowest BCUT2D eigenvalue weighted by atomic mass is 10.1. The molecule has 1 amide bonds. The zero-order valence-electron chi connectivity index (χ0n) is 18.2. The van der Waals surface area contributed by atoms with E-state index in [-0.39, 0.29) is 5.91 Å². The van der Waals surface area contributed by atoms with Gasteiger partial charge in [0.15, 0.2) is 5.65 Å². The van der Waals surface area contributed by atoms with Crippen LogP contribution in [0.2, 0.25) is 0 Å². The second kappa shape index (κ2) is 10.7. The van der Waals surface area contributed by atoms with Gasteiger partial charge in [0.25, 0.3) is 0 Å². The Morgan fingerprint density at radius 1 is 1.25 bits per heavy atom. The topological polar surface area (TPSA) is 108 Å². The number of anilines is 1. The van der Waals surface area contributed by atoms with Crippen molar-refractivity contribution in [3.05, 3.63) is 85.1 Å². The lowest BCUT2D eigenvalue weighted by Gasteiger charge is -2.05. The number of nitrogens with two attached hydrogens (primary N) is 1. The highest BCUT2D eigenvalue weighted by atomic mass is 16.5. The standard InChI is InChI=1S/C24H26N6O2/c1-4-9-20(31)26-14-15-30-24-21(23(25)27-16-28-24)22(29-30)17(3)12-13-18(5-2)32-19-10-7-6-8-11-19/h4-13,16H,2,14-15H2,1,3H3,(H,26,31)(H2,25,27,28)/b9-4+,17-12+,18-13+. The van der Waals surface area contributed by atoms with E-state index in [0.29, 0.717) is 41.4 Å². The summed E-state index contributed by atoms with van der Waals surface area (Å²) in [7, 11) is 0. The number of benzene rings is 1. The number of ether oxygens (including phenoxy) is 1. The number of carbonyl (C=O) groups excluding carboxylic acids is 1. The van der Waals surface area contributed by atoms with Gasteiger partial charge in [0, 0.05) is 6.54 Å². The summed E-state index contributed by atoms with van der Waals surface area (Å²) in [6, 6.07) is 9.47. The number of fused-ring (bicyclic) bond motifs is 1. The highest BCUT2D eigenvalue weighted by Gasteiger charge is 2.16. The van der Waals surface area contributed by atoms with Crippen LogP contribution in [0.4, 0.5) is 5.82 Å². The average Bonchev–Trinajstić information content (AvgIpc) is 3.17. The quantitative estimate of drug-likeness (QED) is 0.305. The highest BCUT2D eigenvalue weighted by molar-refractivity contribution is 5.95. The Balaban J connectivity index is 1.88. The fraction of sp³-hybridized carbons (Fsp3) is 0.167. The number of hydrogen-bond donors (Lipinski definition) is 2. The van der Waals surface area contributed by atoms with Gasteiger partial charge in [-0.15, -0.1) is 0 Å². The molecule has 2 aromatic heterocycles. The number of aromatic nitrogens is 4. The first-order chi connectivity index (χ1) is 15.5. The highest BCUT2D eigenvalue weighted by Crippen LogP contribution is 2.27. The van der Waals surface area contributed by atoms with Gasteiger partial charge >= 0.3 is 0 Å². The van der Waals surface area contributed by atoms with E-state index in [1.807, 2.05) is 49.4 Å². The van der Waals surface area contributed by atoms with Crippen molar-refractivity contribution in [1.29, 1.82) is 0 Å². The zero-order chi connectivity index (χ0) is 22.9. The second-order valence-electron chi connectivity index (χ2n) is 6.86. The second-order valence-corrected chi connectivity index (χ2v) is 6.86. The summed E-state index contributed by atoms with van der Waals surface area (Å²) in [5.74, 6) is 1.50. The number of carbonyl (C=O) groups is 1. The molecule has 0 aliphatic rings. The molecule has 0 radical (unpaired) electrons. The number of nitrogen functional groups attached to an aromatic ring is 1. The number of allylic oxidation sites excluding steroid dienone is 5. The van der Waals surface area contributed by atoms with Crippen molar-refractivity contribution in [2.75, 3.05) is 12.3 Å². The molecule has 1 aromatic carbocycles. The fourth-order valence-corrected chi connectivity index (χ4v) is 3.01. The van der Waals surface area contributed by atoms with Crippen molar-refractivity contribution in [3.63, 3.8) is 0 Å². The van der Waals surface area contributed by atoms with Crippen molar-refractivity contribution >= 4 is 28.3 Å². The van der Waals surface area contributed by atoms with Crippen LogP contribution in [0.5, 0.6) is 5.75 Å². The molecule has 164 valence electrons. The molecule has 0 spiro atoms. The number of nitrogens with zero attached hydrogens (tertiary/aromatic N) is 4. The number of rotatable bonds is 9. The van der Waals surface area contributed by atoms with E-state index in [1.54, 1.807) is 23.8 Å². The first-order valence-corrected chi connectivity index (χ1v) is 10.1. The van der Waals surface area contributed by atoms with E-state index in [9.17, 15) is 4.79 Å². The molecule has 3 rings (SSSR count). The zero-order valence-corrected chi connectivity index (χ0v) is 18.2. The molecular formula is C24H26N6O2. The SMILES string of the molecule is C=C/C(=C\C=C(/C)c1nn(CCNC(=O)/C=C/C)c2ncnc(N)c12)Oc1ccccc1. The third-order valence-electron chi connectivity index (χ3n) is 4.55. The van der Waals surface area contributed by atoms with Gasteiger partial charge in [-0.2, -0.15) is 5.10 Å². The molecule has 3 N–H and O–H groups in total. The van der Waals surface area contributed by atoms with Gasteiger partial charge in [-0.3, -0.25) is 4.79 Å². The molecule has 0 bridgehead atoms. The van der Waals surface area contributed by atoms with Crippen LogP contribution in [-0.2, 0) is 11.3 Å². The Hall–Kier alpha value is -4.20. The molecule has 0 fully saturated rings. The van der Waals surface area contributed by atoms with Crippen LogP contribution in [0.1, 0.15) is 19.5 Å². The van der Waals surface area contributed by atoms with Crippen molar-refractivity contribution in [1.82, 2.24) is 25.1 Å². The van der Waals surface area contributed by atoms with Gasteiger partial charge in [0.05, 0.1) is 11.9 Å². The third-order valence-corrected chi connectivity index (χ3v) is 4.55. The molecule has 0 unspecified atom stereocenters. The molecular weight excluding hydrogens is 404 g/mol. The Labute approximate surface area is 186 Å². The Morgan fingerprint density at radius 2 is 2.03 bits per heavy atom. The third kappa shape index (κ3) is 5.48. The van der Waals surface area contributed by atoms with Crippen LogP contribution in [0.15, 0.2) is 79.4 Å². The van der Waals surface area contributed by atoms with E-state index in [0.717, 1.165) is 11.3 Å². The minimum Gasteiger partial charge on any atom is -0.457 e. The summed E-state index contributed by atoms with van der Waals surface area (Å²) in [6.07, 6.45) is 9.90. The van der Waals surface area contributed by atoms with E-state index in [2.05, 4.69) is 27.0 Å². The fourth-order valence-electron chi connectivity index (χ4n) is 3.01. The molecule has 0 atom stereocenters. The number of hydrogen-bond acceptors (Lipinski definition) is 6. The first kappa shape index (κ1) is 22.5. The minimum absolute atomic E-state index is 0.157. The van der Waals surface area contributed by atoms with Crippen LogP contribution in [-0.4, -0.2) is 32.2 Å². The van der Waals surface area contributed by atoms with Gasteiger partial charge < -0.3 is 15.8 Å². The lowest BCUT2D eigenvalue weighted by Crippen LogP contribution is -2.25. The molecule has 3 aromatic rings. The van der Waals surface area contributed by atoms with Crippen LogP contribution >= 0.6 is 0 Å². The molecule has 0 aliphatic carbocycles. The predicted molar refractivity (Wildman–Crippen MR) is 127 cm³/mol. The van der Waals surface area contributed by atoms with E-state index < -0.39 is 0 Å². The van der Waals surface area contributed by atoms with Crippen LogP contribution in [0.25, 0.3) is 16.6 Å². The summed E-state index contributed by atoms with van der Waals surface area (Å²) in [4.78, 5) is 20.1. The maximum absolute atomic E-state index is 11.7. The maximum atomic E-state index is 11.7. The monoisotopic (exact) mass is 430 g/mol. The van der Waals surface area contributed by atoms with Gasteiger partial charge in [0.1, 0.15) is 29.3 Å². The molecule has 0 saturated carbocycles. The molecule has 8 heteroatoms. The van der Waals surface area contributed by atoms with E-state index >= 15 is 0 Å². The average molecular weight is 431 g/mol. The first-order valence-electron chi connectivity index (χ1n) is 10.1. The molecule has 8 nitrogen and oxygen atoms in total. The maximum Gasteiger partial charge on any atom is 0.243 e. The van der Waals surface area contributed by atoms with Crippen LogP contribution in [0.3, 0.4) is 0 Å². The van der Waals surface area contributed by atoms with Crippen LogP contribution in [0, 0.1) is 0 Å². The Kier molecular flexibility index (Phi) is 7.53. The Morgan fingerprint density at radius 3 is 2.75 bits per heavy atom. The van der Waals surface area contributed by atoms with Crippen molar-refractivity contribution in [2.24, 2.45) is 0 Å². The summed E-state index contributed by atoms with van der Waals surface area (Å²) < 4.78 is 7.56. The number of para-hydroxylation sites is 1. The summed E-state index contributed by atoms with van der Waals surface area (Å²) in [5, 5.41) is 8.15. The summed E-state index contributed by atoms with van der Waals surface area (Å²) in [6.45, 7) is 8.37. The largest absolute Gasteiger partial charge is 0.457 e. The molecule has 32 heavy (non-hydrogen) atoms. The van der Waals surface area contributed by atoms with Gasteiger partial charge in [-0.05, 0) is 49.8 Å². The number of nitrogens with one attached hydrogen (secondary N) is 1. The summed E-state index contributed by atoms with van der Waals surface area (Å²) in [5.41, 5.74) is 8.26. The van der Waals surface area contributed by atoms with Crippen molar-refractivity contribution in [3.8, 4) is 5.75 Å². The predicted octanol–water partition coefficient (Wildman–Crippen LogP) is 3.65. The van der Waals surface area contributed by atoms with E-state index in [1.165, 1.54) is 12.4 Å². The lowest BCUT2D eigenvalue weighted by molar-refractivity contribution is -0.116. The smallest absolute Gasteiger partial charge is 0.243 e. The van der Waals surface area contributed by atoms with Crippen molar-refractivity contribution < 1.29 is 9.53 Å². The van der Waals surface area contributed by atoms with Gasteiger partial charge in [-0.1, -0.05) is 36.9 Å². The molecule has 0 saturated heterocycles. The molecule has 2 heterocycles. The van der Waals surface area contributed by atoms with Gasteiger partial charge in [0.2, 0.25) is 5.91 Å². The Bertz CT molecular complexity index is 1190. The van der Waals surface area contributed by atoms with Crippen LogP contribution < -0.4 is 15.8 Å². The number of amides is 1. The summed E-state index contributed by atoms with van der Waals surface area (Å²) >= 11 is 0. The van der Waals surface area contributed by atoms with E-state index in [4.69, 9.17) is 10.5 Å². The molecule has 0 aliphatic heterocycles. The normalized spacial score (nSPS) is 12.3.